The lowest BCUT2D eigenvalue weighted by Gasteiger charge is -2.04. The summed E-state index contributed by atoms with van der Waals surface area (Å²) >= 11 is 1.43. The molecule has 0 fully saturated rings. The summed E-state index contributed by atoms with van der Waals surface area (Å²) < 4.78 is 0. The molecule has 5 nitrogen and oxygen atoms in total. The van der Waals surface area contributed by atoms with E-state index in [0.29, 0.717) is 5.69 Å². The van der Waals surface area contributed by atoms with Crippen molar-refractivity contribution in [1.29, 1.82) is 0 Å². The highest BCUT2D eigenvalue weighted by atomic mass is 32.1. The van der Waals surface area contributed by atoms with Gasteiger partial charge in [-0.3, -0.25) is 9.59 Å². The molecule has 1 heterocycles. The van der Waals surface area contributed by atoms with Gasteiger partial charge in [-0.15, -0.1) is 11.3 Å². The first kappa shape index (κ1) is 12.6. The number of carbonyl (C=O) groups is 2. The van der Waals surface area contributed by atoms with E-state index in [1.807, 2.05) is 13.8 Å². The molecule has 0 atom stereocenters. The lowest BCUT2D eigenvalue weighted by Crippen LogP contribution is -2.25. The molecule has 88 valence electrons. The lowest BCUT2D eigenvalue weighted by atomic mass is 10.0. The van der Waals surface area contributed by atoms with E-state index in [9.17, 15) is 9.59 Å². The van der Waals surface area contributed by atoms with Gasteiger partial charge in [0.25, 0.3) is 0 Å². The van der Waals surface area contributed by atoms with Gasteiger partial charge in [0.2, 0.25) is 0 Å². The third-order valence-corrected chi connectivity index (χ3v) is 3.27. The van der Waals surface area contributed by atoms with E-state index in [1.165, 1.54) is 11.3 Å². The largest absolute Gasteiger partial charge is 0.481 e. The van der Waals surface area contributed by atoms with Gasteiger partial charge in [-0.05, 0) is 0 Å². The van der Waals surface area contributed by atoms with Crippen LogP contribution in [0.15, 0.2) is 5.38 Å². The first-order chi connectivity index (χ1) is 7.41. The van der Waals surface area contributed by atoms with Crippen molar-refractivity contribution in [2.45, 2.75) is 26.2 Å². The molecule has 1 aromatic rings. The summed E-state index contributed by atoms with van der Waals surface area (Å²) in [6.45, 7) is 3.96. The Balaban J connectivity index is 2.78. The zero-order valence-electron chi connectivity index (χ0n) is 9.01. The summed E-state index contributed by atoms with van der Waals surface area (Å²) in [5, 5.41) is 20.0. The minimum Gasteiger partial charge on any atom is -0.481 e. The average molecular weight is 243 g/mol. The van der Waals surface area contributed by atoms with Crippen LogP contribution in [-0.2, 0) is 16.0 Å². The Labute approximate surface area is 96.8 Å². The van der Waals surface area contributed by atoms with Crippen LogP contribution in [0.5, 0.6) is 0 Å². The van der Waals surface area contributed by atoms with Gasteiger partial charge in [0.05, 0.1) is 10.7 Å². The van der Waals surface area contributed by atoms with Gasteiger partial charge in [-0.1, -0.05) is 13.8 Å². The van der Waals surface area contributed by atoms with E-state index in [2.05, 4.69) is 4.98 Å². The number of aromatic nitrogens is 1. The van der Waals surface area contributed by atoms with Crippen LogP contribution in [0.25, 0.3) is 0 Å². The summed E-state index contributed by atoms with van der Waals surface area (Å²) in [6, 6.07) is 0. The molecule has 0 amide bonds. The molecular weight excluding hydrogens is 230 g/mol. The average Bonchev–Trinajstić information content (AvgIpc) is 2.61. The van der Waals surface area contributed by atoms with Gasteiger partial charge in [0.1, 0.15) is 0 Å². The van der Waals surface area contributed by atoms with Gasteiger partial charge in [-0.25, -0.2) is 4.98 Å². The van der Waals surface area contributed by atoms with Gasteiger partial charge in [-0.2, -0.15) is 0 Å². The van der Waals surface area contributed by atoms with E-state index < -0.39 is 17.9 Å². The molecule has 0 unspecified atom stereocenters. The van der Waals surface area contributed by atoms with Crippen molar-refractivity contribution in [2.24, 2.45) is 5.92 Å². The quantitative estimate of drug-likeness (QED) is 0.767. The highest BCUT2D eigenvalue weighted by Crippen LogP contribution is 2.21. The number of nitrogens with zero attached hydrogens (tertiary/aromatic N) is 1. The topological polar surface area (TPSA) is 87.5 Å². The molecule has 1 aromatic heterocycles. The number of carboxylic acid groups (broad SMARTS) is 2. The summed E-state index contributed by atoms with van der Waals surface area (Å²) in [4.78, 5) is 25.6. The Morgan fingerprint density at radius 2 is 1.94 bits per heavy atom. The van der Waals surface area contributed by atoms with E-state index >= 15 is 0 Å². The zero-order valence-corrected chi connectivity index (χ0v) is 9.82. The fraction of sp³-hybridized carbons (Fsp3) is 0.500. The second-order valence-electron chi connectivity index (χ2n) is 3.76. The van der Waals surface area contributed by atoms with Crippen LogP contribution in [-0.4, -0.2) is 27.1 Å². The van der Waals surface area contributed by atoms with Crippen LogP contribution in [0.1, 0.15) is 30.5 Å². The molecule has 0 aliphatic rings. The Hall–Kier alpha value is -1.43. The molecule has 6 heteroatoms. The molecule has 0 aliphatic carbocycles. The Morgan fingerprint density at radius 3 is 2.31 bits per heavy atom. The van der Waals surface area contributed by atoms with Crippen LogP contribution in [0.3, 0.4) is 0 Å². The van der Waals surface area contributed by atoms with Gasteiger partial charge in [0.15, 0.2) is 5.92 Å². The maximum Gasteiger partial charge on any atom is 0.318 e. The number of carboxylic acids is 2. The van der Waals surface area contributed by atoms with Crippen LogP contribution in [0.4, 0.5) is 0 Å². The Morgan fingerprint density at radius 1 is 1.38 bits per heavy atom. The SMILES string of the molecule is CC(C)c1nc(CC(C(=O)O)C(=O)O)cs1. The molecular formula is C10H13NO4S. The number of hydrogen-bond acceptors (Lipinski definition) is 4. The van der Waals surface area contributed by atoms with Crippen molar-refractivity contribution in [1.82, 2.24) is 4.98 Å². The predicted molar refractivity (Wildman–Crippen MR) is 58.7 cm³/mol. The van der Waals surface area contributed by atoms with Crippen molar-refractivity contribution < 1.29 is 19.8 Å². The van der Waals surface area contributed by atoms with E-state index in [-0.39, 0.29) is 12.3 Å². The maximum atomic E-state index is 10.7. The predicted octanol–water partition coefficient (Wildman–Crippen LogP) is 1.59. The molecule has 1 rings (SSSR count). The first-order valence-corrected chi connectivity index (χ1v) is 5.69. The highest BCUT2D eigenvalue weighted by molar-refractivity contribution is 7.09. The van der Waals surface area contributed by atoms with Crippen LogP contribution >= 0.6 is 11.3 Å². The molecule has 0 saturated carbocycles. The Kier molecular flexibility index (Phi) is 4.00. The summed E-state index contributed by atoms with van der Waals surface area (Å²) in [6.07, 6.45) is -0.0616. The van der Waals surface area contributed by atoms with E-state index in [0.717, 1.165) is 5.01 Å². The van der Waals surface area contributed by atoms with Crippen molar-refractivity contribution in [3.63, 3.8) is 0 Å². The second kappa shape index (κ2) is 5.07. The van der Waals surface area contributed by atoms with Crippen LogP contribution in [0, 0.1) is 5.92 Å². The fourth-order valence-corrected chi connectivity index (χ4v) is 2.02. The zero-order chi connectivity index (χ0) is 12.3. The third-order valence-electron chi connectivity index (χ3n) is 2.07. The second-order valence-corrected chi connectivity index (χ2v) is 4.65. The number of rotatable bonds is 5. The molecule has 0 radical (unpaired) electrons. The summed E-state index contributed by atoms with van der Waals surface area (Å²) in [5.74, 6) is -3.80. The van der Waals surface area contributed by atoms with Crippen molar-refractivity contribution in [3.8, 4) is 0 Å². The van der Waals surface area contributed by atoms with E-state index in [4.69, 9.17) is 10.2 Å². The molecule has 0 aliphatic heterocycles. The number of hydrogen-bond donors (Lipinski definition) is 2. The molecule has 16 heavy (non-hydrogen) atoms. The molecule has 2 N–H and O–H groups in total. The smallest absolute Gasteiger partial charge is 0.318 e. The number of thiazole rings is 1. The molecule has 0 spiro atoms. The van der Waals surface area contributed by atoms with Gasteiger partial charge >= 0.3 is 11.9 Å². The monoisotopic (exact) mass is 243 g/mol. The minimum atomic E-state index is -1.41. The molecule has 0 bridgehead atoms. The summed E-state index contributed by atoms with van der Waals surface area (Å²) in [5.41, 5.74) is 0.531. The van der Waals surface area contributed by atoms with Gasteiger partial charge < -0.3 is 10.2 Å². The van der Waals surface area contributed by atoms with Crippen molar-refractivity contribution >= 4 is 23.3 Å². The minimum absolute atomic E-state index is 0.0616. The van der Waals surface area contributed by atoms with Gasteiger partial charge in [0, 0.05) is 17.7 Å². The molecule has 0 aromatic carbocycles. The lowest BCUT2D eigenvalue weighted by molar-refractivity contribution is -0.154. The number of aliphatic carboxylic acids is 2. The molecule has 0 saturated heterocycles. The first-order valence-electron chi connectivity index (χ1n) is 4.81. The standard InChI is InChI=1S/C10H13NO4S/c1-5(2)8-11-6(4-16-8)3-7(9(12)13)10(14)15/h4-5,7H,3H2,1-2H3,(H,12,13)(H,14,15). The van der Waals surface area contributed by atoms with E-state index in [1.54, 1.807) is 5.38 Å². The fourth-order valence-electron chi connectivity index (χ4n) is 1.17. The Bertz CT molecular complexity index is 385. The maximum absolute atomic E-state index is 10.7. The van der Waals surface area contributed by atoms with Crippen LogP contribution in [0.2, 0.25) is 0 Å². The normalized spacial score (nSPS) is 11.0. The summed E-state index contributed by atoms with van der Waals surface area (Å²) in [7, 11) is 0. The van der Waals surface area contributed by atoms with Crippen molar-refractivity contribution in [2.75, 3.05) is 0 Å². The highest BCUT2D eigenvalue weighted by Gasteiger charge is 2.27. The third kappa shape index (κ3) is 3.03. The van der Waals surface area contributed by atoms with Crippen LogP contribution < -0.4 is 0 Å². The van der Waals surface area contributed by atoms with Crippen molar-refractivity contribution in [3.05, 3.63) is 16.1 Å².